The summed E-state index contributed by atoms with van der Waals surface area (Å²) in [7, 11) is 1.99. The number of hydrogen-bond donors (Lipinski definition) is 0. The van der Waals surface area contributed by atoms with E-state index in [2.05, 4.69) is 29.8 Å². The Kier molecular flexibility index (Phi) is 6.25. The first-order valence-electron chi connectivity index (χ1n) is 6.57. The second-order valence-electron chi connectivity index (χ2n) is 5.06. The van der Waals surface area contributed by atoms with Gasteiger partial charge in [-0.25, -0.2) is 0 Å². The van der Waals surface area contributed by atoms with Gasteiger partial charge in [0.15, 0.2) is 0 Å². The van der Waals surface area contributed by atoms with Crippen LogP contribution in [-0.2, 0) is 11.3 Å². The first kappa shape index (κ1) is 15.9. The van der Waals surface area contributed by atoms with Gasteiger partial charge in [-0.3, -0.25) is 9.69 Å². The van der Waals surface area contributed by atoms with Crippen molar-refractivity contribution in [3.05, 3.63) is 34.0 Å². The largest absolute Gasteiger partial charge is 0.338 e. The van der Waals surface area contributed by atoms with Gasteiger partial charge in [0.2, 0.25) is 5.91 Å². The van der Waals surface area contributed by atoms with Gasteiger partial charge in [0.1, 0.15) is 0 Å². The van der Waals surface area contributed by atoms with Crippen LogP contribution in [0.1, 0.15) is 24.3 Å². The van der Waals surface area contributed by atoms with Gasteiger partial charge >= 0.3 is 0 Å². The lowest BCUT2D eigenvalue weighted by Crippen LogP contribution is -2.39. The van der Waals surface area contributed by atoms with Gasteiger partial charge in [-0.2, -0.15) is 0 Å². The zero-order chi connectivity index (χ0) is 14.4. The first-order chi connectivity index (χ1) is 8.93. The van der Waals surface area contributed by atoms with Crippen molar-refractivity contribution in [3.8, 4) is 0 Å². The van der Waals surface area contributed by atoms with E-state index in [0.717, 1.165) is 18.7 Å². The second-order valence-corrected chi connectivity index (χ2v) is 6.06. The number of nitrogens with zero attached hydrogens (tertiary/aromatic N) is 2. The Morgan fingerprint density at radius 2 is 2.11 bits per heavy atom. The summed E-state index contributed by atoms with van der Waals surface area (Å²) in [5.74, 6) is 0.169. The molecular formula is C15H24N2OS. The first-order valence-corrected chi connectivity index (χ1v) is 7.45. The Bertz CT molecular complexity index is 439. The fraction of sp³-hybridized carbons (Fsp3) is 0.533. The number of hydrogen-bond acceptors (Lipinski definition) is 3. The van der Waals surface area contributed by atoms with Crippen LogP contribution in [0.25, 0.3) is 0 Å². The van der Waals surface area contributed by atoms with Crippen LogP contribution in [-0.4, -0.2) is 42.4 Å². The van der Waals surface area contributed by atoms with E-state index in [1.54, 1.807) is 11.3 Å². The predicted octanol–water partition coefficient (Wildman–Crippen LogP) is 2.91. The summed E-state index contributed by atoms with van der Waals surface area (Å²) < 4.78 is 0. The maximum Gasteiger partial charge on any atom is 0.237 e. The molecule has 1 aromatic rings. The molecular weight excluding hydrogens is 256 g/mol. The number of amides is 1. The molecule has 0 saturated carbocycles. The zero-order valence-electron chi connectivity index (χ0n) is 12.4. The van der Waals surface area contributed by atoms with Gasteiger partial charge in [-0.1, -0.05) is 12.2 Å². The van der Waals surface area contributed by atoms with Gasteiger partial charge in [0.05, 0.1) is 6.54 Å². The average Bonchev–Trinajstić information content (AvgIpc) is 2.71. The monoisotopic (exact) mass is 280 g/mol. The third-order valence-electron chi connectivity index (χ3n) is 2.98. The summed E-state index contributed by atoms with van der Waals surface area (Å²) in [4.78, 5) is 17.4. The lowest BCUT2D eigenvalue weighted by molar-refractivity contribution is -0.131. The van der Waals surface area contributed by atoms with Crippen LogP contribution in [0.3, 0.4) is 0 Å². The Balaban J connectivity index is 2.51. The van der Waals surface area contributed by atoms with E-state index >= 15 is 0 Å². The van der Waals surface area contributed by atoms with Crippen molar-refractivity contribution in [2.24, 2.45) is 0 Å². The number of carbonyl (C=O) groups excluding carboxylic acids is 1. The molecule has 3 nitrogen and oxygen atoms in total. The van der Waals surface area contributed by atoms with E-state index in [0.29, 0.717) is 13.1 Å². The van der Waals surface area contributed by atoms with Crippen molar-refractivity contribution in [2.45, 2.75) is 27.3 Å². The number of thiophene rings is 1. The van der Waals surface area contributed by atoms with Gasteiger partial charge in [0.25, 0.3) is 0 Å². The smallest absolute Gasteiger partial charge is 0.237 e. The highest BCUT2D eigenvalue weighted by molar-refractivity contribution is 7.10. The van der Waals surface area contributed by atoms with E-state index < -0.39 is 0 Å². The maximum absolute atomic E-state index is 12.2. The fourth-order valence-electron chi connectivity index (χ4n) is 1.90. The van der Waals surface area contributed by atoms with Crippen LogP contribution < -0.4 is 0 Å². The lowest BCUT2D eigenvalue weighted by Gasteiger charge is -2.24. The molecule has 1 aromatic heterocycles. The minimum absolute atomic E-state index is 0.169. The summed E-state index contributed by atoms with van der Waals surface area (Å²) in [6.45, 7) is 12.6. The topological polar surface area (TPSA) is 23.6 Å². The highest BCUT2D eigenvalue weighted by Gasteiger charge is 2.14. The summed E-state index contributed by atoms with van der Waals surface area (Å²) in [6, 6.07) is 2.12. The molecule has 4 heteroatoms. The molecule has 0 aliphatic heterocycles. The molecule has 1 heterocycles. The molecule has 0 radical (unpaired) electrons. The highest BCUT2D eigenvalue weighted by Crippen LogP contribution is 2.17. The van der Waals surface area contributed by atoms with Gasteiger partial charge < -0.3 is 4.90 Å². The van der Waals surface area contributed by atoms with Crippen LogP contribution in [0.5, 0.6) is 0 Å². The molecule has 1 amide bonds. The molecule has 0 fully saturated rings. The number of likely N-dealkylation sites (N-methyl/N-ethyl adjacent to an activating group) is 2. The van der Waals surface area contributed by atoms with Crippen molar-refractivity contribution in [1.29, 1.82) is 0 Å². The van der Waals surface area contributed by atoms with Crippen molar-refractivity contribution in [3.63, 3.8) is 0 Å². The number of rotatable bonds is 7. The predicted molar refractivity (Wildman–Crippen MR) is 82.5 cm³/mol. The standard InChI is InChI=1S/C15H24N2OS/c1-6-17(9-12(2)3)15(18)11-16(5)10-14-13(4)7-8-19-14/h7-8H,2,6,9-11H2,1,3-5H3. The quantitative estimate of drug-likeness (QED) is 0.717. The van der Waals surface area contributed by atoms with Crippen LogP contribution in [0, 0.1) is 6.92 Å². The second kappa shape index (κ2) is 7.46. The van der Waals surface area contributed by atoms with Gasteiger partial charge in [-0.15, -0.1) is 11.3 Å². The molecule has 0 saturated heterocycles. The van der Waals surface area contributed by atoms with Crippen LogP contribution in [0.15, 0.2) is 23.6 Å². The summed E-state index contributed by atoms with van der Waals surface area (Å²) in [5, 5.41) is 2.10. The third-order valence-corrected chi connectivity index (χ3v) is 3.99. The third kappa shape index (κ3) is 5.17. The number of aryl methyl sites for hydroxylation is 1. The number of carbonyl (C=O) groups is 1. The maximum atomic E-state index is 12.2. The average molecular weight is 280 g/mol. The van der Waals surface area contributed by atoms with Crippen molar-refractivity contribution >= 4 is 17.2 Å². The minimum atomic E-state index is 0.169. The van der Waals surface area contributed by atoms with Crippen LogP contribution >= 0.6 is 11.3 Å². The SMILES string of the molecule is C=C(C)CN(CC)C(=O)CN(C)Cc1sccc1C. The molecule has 0 bridgehead atoms. The molecule has 0 spiro atoms. The molecule has 19 heavy (non-hydrogen) atoms. The normalized spacial score (nSPS) is 10.8. The van der Waals surface area contributed by atoms with Crippen molar-refractivity contribution in [1.82, 2.24) is 9.80 Å². The molecule has 0 aliphatic rings. The minimum Gasteiger partial charge on any atom is -0.338 e. The summed E-state index contributed by atoms with van der Waals surface area (Å²) >= 11 is 1.75. The van der Waals surface area contributed by atoms with E-state index in [1.807, 2.05) is 25.8 Å². The van der Waals surface area contributed by atoms with Crippen molar-refractivity contribution < 1.29 is 4.79 Å². The van der Waals surface area contributed by atoms with Crippen LogP contribution in [0.4, 0.5) is 0 Å². The van der Waals surface area contributed by atoms with E-state index in [4.69, 9.17) is 0 Å². The van der Waals surface area contributed by atoms with Gasteiger partial charge in [-0.05, 0) is 44.8 Å². The van der Waals surface area contributed by atoms with Gasteiger partial charge in [0, 0.05) is 24.5 Å². The zero-order valence-corrected chi connectivity index (χ0v) is 13.2. The molecule has 0 atom stereocenters. The van der Waals surface area contributed by atoms with E-state index in [9.17, 15) is 4.79 Å². The molecule has 0 aromatic carbocycles. The molecule has 106 valence electrons. The Morgan fingerprint density at radius 3 is 2.58 bits per heavy atom. The Labute approximate surface area is 120 Å². The Morgan fingerprint density at radius 1 is 1.42 bits per heavy atom. The molecule has 1 rings (SSSR count). The molecule has 0 aliphatic carbocycles. The lowest BCUT2D eigenvalue weighted by atomic mass is 10.2. The van der Waals surface area contributed by atoms with E-state index in [1.165, 1.54) is 10.4 Å². The van der Waals surface area contributed by atoms with Crippen molar-refractivity contribution in [2.75, 3.05) is 26.7 Å². The molecule has 0 unspecified atom stereocenters. The van der Waals surface area contributed by atoms with Crippen LogP contribution in [0.2, 0.25) is 0 Å². The highest BCUT2D eigenvalue weighted by atomic mass is 32.1. The fourth-order valence-corrected chi connectivity index (χ4v) is 2.89. The summed E-state index contributed by atoms with van der Waals surface area (Å²) in [5.41, 5.74) is 2.32. The Hall–Kier alpha value is -1.13. The van der Waals surface area contributed by atoms with E-state index in [-0.39, 0.29) is 5.91 Å². The summed E-state index contributed by atoms with van der Waals surface area (Å²) in [6.07, 6.45) is 0. The molecule has 0 N–H and O–H groups in total.